The molecule has 0 N–H and O–H groups in total. The highest BCUT2D eigenvalue weighted by atomic mass is 16.3. The molecule has 4 heterocycles. The molecule has 6 rings (SSSR count). The number of para-hydroxylation sites is 1. The second-order valence-electron chi connectivity index (χ2n) is 7.88. The summed E-state index contributed by atoms with van der Waals surface area (Å²) in [7, 11) is 0. The molecular formula is C26H20N4O2. The summed E-state index contributed by atoms with van der Waals surface area (Å²) in [5.74, 6) is 0.750. The Morgan fingerprint density at radius 2 is 1.84 bits per heavy atom. The average molecular weight is 420 g/mol. The van der Waals surface area contributed by atoms with Gasteiger partial charge in [-0.2, -0.15) is 5.10 Å². The maximum absolute atomic E-state index is 13.8. The van der Waals surface area contributed by atoms with Gasteiger partial charge in [0, 0.05) is 17.8 Å². The molecule has 5 aromatic rings. The van der Waals surface area contributed by atoms with Crippen molar-refractivity contribution < 1.29 is 9.21 Å². The van der Waals surface area contributed by atoms with Gasteiger partial charge in [0.1, 0.15) is 12.3 Å². The number of carbonyl (C=O) groups is 1. The van der Waals surface area contributed by atoms with Crippen LogP contribution in [-0.2, 0) is 13.0 Å². The Kier molecular flexibility index (Phi) is 4.35. The number of amides is 1. The summed E-state index contributed by atoms with van der Waals surface area (Å²) >= 11 is 0. The lowest BCUT2D eigenvalue weighted by molar-refractivity contribution is 0.0991. The smallest absolute Gasteiger partial charge is 0.259 e. The Morgan fingerprint density at radius 3 is 2.69 bits per heavy atom. The van der Waals surface area contributed by atoms with Crippen molar-refractivity contribution in [2.45, 2.75) is 13.0 Å². The zero-order chi connectivity index (χ0) is 21.5. The molecule has 0 aliphatic carbocycles. The van der Waals surface area contributed by atoms with E-state index in [0.29, 0.717) is 24.3 Å². The first kappa shape index (κ1) is 18.6. The minimum absolute atomic E-state index is 0.0305. The number of nitrogens with zero attached hydrogens (tertiary/aromatic N) is 4. The minimum Gasteiger partial charge on any atom is -0.467 e. The van der Waals surface area contributed by atoms with E-state index in [1.54, 1.807) is 17.1 Å². The first-order chi connectivity index (χ1) is 15.8. The summed E-state index contributed by atoms with van der Waals surface area (Å²) in [5.41, 5.74) is 5.15. The number of fused-ring (bicyclic) bond motifs is 2. The molecule has 1 amide bonds. The molecule has 6 heteroatoms. The second kappa shape index (κ2) is 7.50. The Balaban J connectivity index is 1.51. The SMILES string of the molecule is O=C(c1cc(-c2ccccc2)nc2c1cnn2Cc1ccco1)N1CCc2ccccc21. The number of hydrogen-bond donors (Lipinski definition) is 0. The molecule has 0 atom stereocenters. The monoisotopic (exact) mass is 420 g/mol. The quantitative estimate of drug-likeness (QED) is 0.413. The third kappa shape index (κ3) is 3.08. The molecule has 0 spiro atoms. The summed E-state index contributed by atoms with van der Waals surface area (Å²) < 4.78 is 7.29. The summed E-state index contributed by atoms with van der Waals surface area (Å²) in [6, 6.07) is 23.6. The lowest BCUT2D eigenvalue weighted by Gasteiger charge is -2.18. The van der Waals surface area contributed by atoms with Gasteiger partial charge in [0.15, 0.2) is 5.65 Å². The molecule has 0 unspecified atom stereocenters. The third-order valence-electron chi connectivity index (χ3n) is 5.93. The number of aromatic nitrogens is 3. The highest BCUT2D eigenvalue weighted by molar-refractivity contribution is 6.14. The standard InChI is InChI=1S/C26H20N4O2/c31-26(29-13-12-19-9-4-5-11-24(19)29)21-15-23(18-7-2-1-3-8-18)28-25-22(21)16-27-30(25)17-20-10-6-14-32-20/h1-11,14-16H,12-13,17H2. The fourth-order valence-corrected chi connectivity index (χ4v) is 4.34. The van der Waals surface area contributed by atoms with Gasteiger partial charge in [0.05, 0.1) is 29.1 Å². The van der Waals surface area contributed by atoms with Crippen LogP contribution in [0.5, 0.6) is 0 Å². The predicted octanol–water partition coefficient (Wildman–Crippen LogP) is 4.94. The van der Waals surface area contributed by atoms with Crippen LogP contribution in [-0.4, -0.2) is 27.2 Å². The molecule has 32 heavy (non-hydrogen) atoms. The average Bonchev–Trinajstić information content (AvgIpc) is 3.59. The van der Waals surface area contributed by atoms with E-state index in [0.717, 1.165) is 34.5 Å². The van der Waals surface area contributed by atoms with Gasteiger partial charge in [-0.05, 0) is 36.2 Å². The molecular weight excluding hydrogens is 400 g/mol. The van der Waals surface area contributed by atoms with Crippen LogP contribution >= 0.6 is 0 Å². The van der Waals surface area contributed by atoms with Crippen LogP contribution in [0.2, 0.25) is 0 Å². The maximum Gasteiger partial charge on any atom is 0.259 e. The number of rotatable bonds is 4. The van der Waals surface area contributed by atoms with Gasteiger partial charge in [-0.1, -0.05) is 48.5 Å². The Hall–Kier alpha value is -4.19. The van der Waals surface area contributed by atoms with E-state index in [1.165, 1.54) is 5.56 Å². The number of carbonyl (C=O) groups excluding carboxylic acids is 1. The molecule has 0 saturated heterocycles. The van der Waals surface area contributed by atoms with E-state index in [4.69, 9.17) is 9.40 Å². The van der Waals surface area contributed by atoms with E-state index in [1.807, 2.05) is 71.6 Å². The van der Waals surface area contributed by atoms with Gasteiger partial charge >= 0.3 is 0 Å². The molecule has 0 fully saturated rings. The molecule has 156 valence electrons. The molecule has 0 saturated carbocycles. The molecule has 2 aromatic carbocycles. The molecule has 1 aliphatic rings. The molecule has 1 aliphatic heterocycles. The van der Waals surface area contributed by atoms with Crippen molar-refractivity contribution in [3.05, 3.63) is 102 Å². The van der Waals surface area contributed by atoms with Gasteiger partial charge in [0.2, 0.25) is 0 Å². The first-order valence-corrected chi connectivity index (χ1v) is 10.6. The summed E-state index contributed by atoms with van der Waals surface area (Å²) in [5, 5.41) is 5.28. The lowest BCUT2D eigenvalue weighted by Crippen LogP contribution is -2.29. The van der Waals surface area contributed by atoms with Gasteiger partial charge in [0.25, 0.3) is 5.91 Å². The van der Waals surface area contributed by atoms with Crippen LogP contribution in [0.4, 0.5) is 5.69 Å². The topological polar surface area (TPSA) is 64.2 Å². The molecule has 0 bridgehead atoms. The highest BCUT2D eigenvalue weighted by Crippen LogP contribution is 2.32. The van der Waals surface area contributed by atoms with E-state index in [9.17, 15) is 4.79 Å². The number of benzene rings is 2. The van der Waals surface area contributed by atoms with Crippen LogP contribution in [0.15, 0.2) is 89.7 Å². The van der Waals surface area contributed by atoms with Crippen molar-refractivity contribution in [3.63, 3.8) is 0 Å². The molecule has 6 nitrogen and oxygen atoms in total. The minimum atomic E-state index is -0.0305. The maximum atomic E-state index is 13.8. The Morgan fingerprint density at radius 1 is 1.00 bits per heavy atom. The van der Waals surface area contributed by atoms with Crippen LogP contribution in [0.25, 0.3) is 22.3 Å². The van der Waals surface area contributed by atoms with Gasteiger partial charge in [-0.15, -0.1) is 0 Å². The zero-order valence-electron chi connectivity index (χ0n) is 17.3. The fourth-order valence-electron chi connectivity index (χ4n) is 4.34. The van der Waals surface area contributed by atoms with E-state index >= 15 is 0 Å². The van der Waals surface area contributed by atoms with Crippen molar-refractivity contribution in [2.75, 3.05) is 11.4 Å². The van der Waals surface area contributed by atoms with Crippen molar-refractivity contribution in [2.24, 2.45) is 0 Å². The lowest BCUT2D eigenvalue weighted by atomic mass is 10.1. The highest BCUT2D eigenvalue weighted by Gasteiger charge is 2.28. The van der Waals surface area contributed by atoms with Gasteiger partial charge in [-0.3, -0.25) is 4.79 Å². The first-order valence-electron chi connectivity index (χ1n) is 10.6. The van der Waals surface area contributed by atoms with Crippen molar-refractivity contribution >= 4 is 22.6 Å². The van der Waals surface area contributed by atoms with Crippen LogP contribution < -0.4 is 4.90 Å². The number of anilines is 1. The van der Waals surface area contributed by atoms with E-state index in [2.05, 4.69) is 11.2 Å². The van der Waals surface area contributed by atoms with Crippen LogP contribution in [0.3, 0.4) is 0 Å². The second-order valence-corrected chi connectivity index (χ2v) is 7.88. The Labute approximate surface area is 184 Å². The Bertz CT molecular complexity index is 1420. The van der Waals surface area contributed by atoms with Crippen LogP contribution in [0, 0.1) is 0 Å². The van der Waals surface area contributed by atoms with Crippen molar-refractivity contribution in [3.8, 4) is 11.3 Å². The predicted molar refractivity (Wildman–Crippen MR) is 123 cm³/mol. The van der Waals surface area contributed by atoms with Gasteiger partial charge in [-0.25, -0.2) is 9.67 Å². The molecule has 3 aromatic heterocycles. The van der Waals surface area contributed by atoms with Gasteiger partial charge < -0.3 is 9.32 Å². The third-order valence-corrected chi connectivity index (χ3v) is 5.93. The zero-order valence-corrected chi connectivity index (χ0v) is 17.3. The van der Waals surface area contributed by atoms with Crippen molar-refractivity contribution in [1.29, 1.82) is 0 Å². The summed E-state index contributed by atoms with van der Waals surface area (Å²) in [6.07, 6.45) is 4.23. The summed E-state index contributed by atoms with van der Waals surface area (Å²) in [4.78, 5) is 20.5. The number of hydrogen-bond acceptors (Lipinski definition) is 4. The van der Waals surface area contributed by atoms with E-state index < -0.39 is 0 Å². The van der Waals surface area contributed by atoms with Crippen LogP contribution in [0.1, 0.15) is 21.7 Å². The van der Waals surface area contributed by atoms with E-state index in [-0.39, 0.29) is 5.91 Å². The fraction of sp³-hybridized carbons (Fsp3) is 0.115. The number of pyridine rings is 1. The largest absolute Gasteiger partial charge is 0.467 e. The summed E-state index contributed by atoms with van der Waals surface area (Å²) in [6.45, 7) is 1.12. The number of furan rings is 1. The van der Waals surface area contributed by atoms with Crippen molar-refractivity contribution in [1.82, 2.24) is 14.8 Å². The normalized spacial score (nSPS) is 12.9. The molecule has 0 radical (unpaired) electrons.